The van der Waals surface area contributed by atoms with Crippen molar-refractivity contribution in [2.24, 2.45) is 5.11 Å². The standard InChI is InChI=1S/C9H8F4N4O4S2/c1-22(18,19)3-2-15-23(20,21)9-6(12)4(10)8(16-17-14)5(11)7(9)13/h15H,1-3H2,(H,18,19)/p-1. The van der Waals surface area contributed by atoms with E-state index in [0.29, 0.717) is 0 Å². The molecule has 0 heterocycles. The molecule has 0 amide bonds. The van der Waals surface area contributed by atoms with Crippen molar-refractivity contribution in [3.8, 4) is 0 Å². The van der Waals surface area contributed by atoms with E-state index < -0.39 is 66.0 Å². The van der Waals surface area contributed by atoms with Crippen molar-refractivity contribution in [1.82, 2.24) is 4.72 Å². The Labute approximate surface area is 127 Å². The fourth-order valence-corrected chi connectivity index (χ4v) is 3.08. The minimum Gasteiger partial charge on any atom is -0.778 e. The van der Waals surface area contributed by atoms with Gasteiger partial charge in [0.05, 0.1) is 0 Å². The third-order valence-electron chi connectivity index (χ3n) is 2.32. The quantitative estimate of drug-likeness (QED) is 0.200. The largest absolute Gasteiger partial charge is 0.778 e. The van der Waals surface area contributed by atoms with Crippen molar-refractivity contribution < 1.29 is 34.7 Å². The van der Waals surface area contributed by atoms with Crippen molar-refractivity contribution in [3.05, 3.63) is 33.7 Å². The molecule has 8 nitrogen and oxygen atoms in total. The third-order valence-corrected chi connectivity index (χ3v) is 4.62. The number of rotatable bonds is 6. The van der Waals surface area contributed by atoms with Crippen LogP contribution < -0.4 is 4.72 Å². The van der Waals surface area contributed by atoms with Crippen LogP contribution in [0.2, 0.25) is 0 Å². The Balaban J connectivity index is 3.40. The third kappa shape index (κ3) is 4.33. The first-order valence-corrected chi connectivity index (χ1v) is 8.69. The Morgan fingerprint density at radius 2 is 1.61 bits per heavy atom. The second-order valence-electron chi connectivity index (χ2n) is 3.97. The topological polar surface area (TPSA) is 135 Å². The first-order valence-electron chi connectivity index (χ1n) is 5.39. The molecule has 0 aliphatic carbocycles. The maximum absolute atomic E-state index is 13.7. The Hall–Kier alpha value is -1.86. The molecule has 14 heteroatoms. The van der Waals surface area contributed by atoms with E-state index >= 15 is 0 Å². The zero-order valence-corrected chi connectivity index (χ0v) is 12.6. The van der Waals surface area contributed by atoms with Crippen LogP contribution in [0, 0.1) is 23.3 Å². The van der Waals surface area contributed by atoms with Crippen LogP contribution >= 0.6 is 0 Å². The summed E-state index contributed by atoms with van der Waals surface area (Å²) in [4.78, 5) is -0.0572. The molecule has 0 bridgehead atoms. The maximum atomic E-state index is 13.7. The van der Waals surface area contributed by atoms with Gasteiger partial charge in [-0.1, -0.05) is 20.8 Å². The van der Waals surface area contributed by atoms with Gasteiger partial charge in [0.25, 0.3) is 0 Å². The van der Waals surface area contributed by atoms with Crippen molar-refractivity contribution in [1.29, 1.82) is 0 Å². The highest BCUT2D eigenvalue weighted by molar-refractivity contribution is 7.95. The number of nitrogens with one attached hydrogen (secondary N) is 1. The summed E-state index contributed by atoms with van der Waals surface area (Å²) in [6.07, 6.45) is 0. The molecular weight excluding hydrogens is 368 g/mol. The van der Waals surface area contributed by atoms with Gasteiger partial charge < -0.3 is 4.55 Å². The van der Waals surface area contributed by atoms with E-state index in [9.17, 15) is 34.7 Å². The lowest BCUT2D eigenvalue weighted by Crippen LogP contribution is -2.31. The van der Waals surface area contributed by atoms with Gasteiger partial charge >= 0.3 is 0 Å². The predicted octanol–water partition coefficient (Wildman–Crippen LogP) is 1.31. The molecule has 1 aromatic rings. The van der Waals surface area contributed by atoms with Gasteiger partial charge in [-0.3, -0.25) is 4.21 Å². The van der Waals surface area contributed by atoms with Gasteiger partial charge in [0.1, 0.15) is 5.69 Å². The molecule has 0 aliphatic heterocycles. The van der Waals surface area contributed by atoms with Gasteiger partial charge in [-0.2, -0.15) is 0 Å². The second-order valence-corrected chi connectivity index (χ2v) is 7.57. The molecule has 0 radical (unpaired) electrons. The monoisotopic (exact) mass is 375 g/mol. The van der Waals surface area contributed by atoms with Gasteiger partial charge in [0.2, 0.25) is 10.0 Å². The van der Waals surface area contributed by atoms with E-state index in [1.165, 1.54) is 4.72 Å². The molecule has 0 fully saturated rings. The fourth-order valence-electron chi connectivity index (χ4n) is 1.37. The zero-order valence-electron chi connectivity index (χ0n) is 10.9. The SMILES string of the molecule is C=S(=O)([O-])CCNS(=O)(=O)c1c(F)c(F)c(N=[N+]=[N-])c(F)c1F. The number of azide groups is 1. The molecule has 1 atom stereocenters. The van der Waals surface area contributed by atoms with Crippen LogP contribution in [0.15, 0.2) is 10.0 Å². The maximum Gasteiger partial charge on any atom is 0.246 e. The highest BCUT2D eigenvalue weighted by Gasteiger charge is 2.32. The first kappa shape index (κ1) is 19.2. The highest BCUT2D eigenvalue weighted by Crippen LogP contribution is 2.32. The van der Waals surface area contributed by atoms with E-state index in [4.69, 9.17) is 5.53 Å². The normalized spacial score (nSPS) is 14.1. The Bertz CT molecular complexity index is 866. The van der Waals surface area contributed by atoms with E-state index in [1.54, 1.807) is 0 Å². The van der Waals surface area contributed by atoms with E-state index in [1.807, 2.05) is 4.91 Å². The van der Waals surface area contributed by atoms with Gasteiger partial charge in [-0.15, -0.1) is 0 Å². The highest BCUT2D eigenvalue weighted by atomic mass is 32.2. The number of benzene rings is 1. The first-order chi connectivity index (χ1) is 10.4. The van der Waals surface area contributed by atoms with Crippen molar-refractivity contribution >= 4 is 31.4 Å². The van der Waals surface area contributed by atoms with Crippen LogP contribution in [-0.2, 0) is 19.8 Å². The summed E-state index contributed by atoms with van der Waals surface area (Å²) in [6.45, 7) is -0.839. The summed E-state index contributed by atoms with van der Waals surface area (Å²) >= 11 is 0. The van der Waals surface area contributed by atoms with Crippen LogP contribution in [0.5, 0.6) is 0 Å². The Morgan fingerprint density at radius 1 is 1.13 bits per heavy atom. The van der Waals surface area contributed by atoms with Crippen molar-refractivity contribution in [3.63, 3.8) is 0 Å². The minimum atomic E-state index is -5.13. The van der Waals surface area contributed by atoms with Gasteiger partial charge in [0.15, 0.2) is 28.2 Å². The van der Waals surface area contributed by atoms with Crippen LogP contribution in [0.1, 0.15) is 0 Å². The Kier molecular flexibility index (Phi) is 5.60. The average Bonchev–Trinajstić information content (AvgIpc) is 2.39. The average molecular weight is 375 g/mol. The van der Waals surface area contributed by atoms with Crippen LogP contribution in [0.25, 0.3) is 10.4 Å². The van der Waals surface area contributed by atoms with Gasteiger partial charge in [-0.05, 0) is 5.53 Å². The molecular formula is C9H7F4N4O4S2-. The summed E-state index contributed by atoms with van der Waals surface area (Å²) in [7, 11) is -8.97. The number of halogens is 4. The molecule has 0 saturated carbocycles. The van der Waals surface area contributed by atoms with E-state index in [-0.39, 0.29) is 0 Å². The predicted molar refractivity (Wildman–Crippen MR) is 71.2 cm³/mol. The minimum absolute atomic E-state index is 0.822. The summed E-state index contributed by atoms with van der Waals surface area (Å²) in [5.41, 5.74) is 6.38. The van der Waals surface area contributed by atoms with Gasteiger partial charge in [-0.25, -0.2) is 30.7 Å². The summed E-state index contributed by atoms with van der Waals surface area (Å²) < 4.78 is 101. The smallest absolute Gasteiger partial charge is 0.246 e. The fraction of sp³-hybridized carbons (Fsp3) is 0.222. The zero-order chi connectivity index (χ0) is 18.0. The van der Waals surface area contributed by atoms with Crippen molar-refractivity contribution in [2.45, 2.75) is 4.90 Å². The molecule has 23 heavy (non-hydrogen) atoms. The molecule has 0 aliphatic rings. The molecule has 1 unspecified atom stereocenters. The van der Waals surface area contributed by atoms with E-state index in [2.05, 4.69) is 11.0 Å². The molecule has 0 spiro atoms. The molecule has 128 valence electrons. The van der Waals surface area contributed by atoms with E-state index in [0.717, 1.165) is 0 Å². The summed E-state index contributed by atoms with van der Waals surface area (Å²) in [5.74, 6) is -7.22. The van der Waals surface area contributed by atoms with Crippen LogP contribution in [0.3, 0.4) is 0 Å². The second kappa shape index (κ2) is 6.72. The lowest BCUT2D eigenvalue weighted by Gasteiger charge is -2.14. The molecule has 1 N–H and O–H groups in total. The van der Waals surface area contributed by atoms with Gasteiger partial charge in [0, 0.05) is 17.2 Å². The summed E-state index contributed by atoms with van der Waals surface area (Å²) in [6, 6.07) is 0. The lowest BCUT2D eigenvalue weighted by molar-refractivity contribution is 0.421. The Morgan fingerprint density at radius 3 is 2.00 bits per heavy atom. The number of nitrogens with zero attached hydrogens (tertiary/aromatic N) is 3. The van der Waals surface area contributed by atoms with Crippen molar-refractivity contribution in [2.75, 3.05) is 12.3 Å². The lowest BCUT2D eigenvalue weighted by atomic mass is 10.2. The molecule has 0 saturated heterocycles. The molecule has 1 aromatic carbocycles. The summed E-state index contributed by atoms with van der Waals surface area (Å²) in [5, 5.41) is 2.39. The number of sulfonamides is 1. The molecule has 1 rings (SSSR count). The number of hydrogen-bond donors (Lipinski definition) is 1. The number of hydrogen-bond acceptors (Lipinski definition) is 5. The van der Waals surface area contributed by atoms with Crippen LogP contribution in [0.4, 0.5) is 23.2 Å². The molecule has 0 aromatic heterocycles. The van der Waals surface area contributed by atoms with Crippen LogP contribution in [-0.4, -0.2) is 35.3 Å².